The molecule has 0 aliphatic carbocycles. The number of anilines is 2. The molecule has 0 bridgehead atoms. The Morgan fingerprint density at radius 3 is 2.75 bits per heavy atom. The molecule has 1 rings (SSSR count). The molecule has 7 N–H and O–H groups in total. The summed E-state index contributed by atoms with van der Waals surface area (Å²) in [4.78, 5) is 10.9. The first-order chi connectivity index (χ1) is 5.75. The minimum absolute atomic E-state index is 0.0925. The molecule has 12 heavy (non-hydrogen) atoms. The second-order valence-corrected chi connectivity index (χ2v) is 2.06. The molecule has 0 unspecified atom stereocenters. The van der Waals surface area contributed by atoms with Gasteiger partial charge in [0.1, 0.15) is 18.2 Å². The Labute approximate surface area is 68.1 Å². The number of H-pyrrole nitrogens is 2. The van der Waals surface area contributed by atoms with Crippen LogP contribution in [0.4, 0.5) is 11.5 Å². The topological polar surface area (TPSA) is 122 Å². The lowest BCUT2D eigenvalue weighted by molar-refractivity contribution is 0.159. The van der Waals surface area contributed by atoms with Crippen LogP contribution >= 0.6 is 0 Å². The van der Waals surface area contributed by atoms with Crippen LogP contribution in [0, 0.1) is 0 Å². The molecule has 0 atom stereocenters. The van der Waals surface area contributed by atoms with E-state index in [1.165, 1.54) is 0 Å². The van der Waals surface area contributed by atoms with Crippen LogP contribution in [0.25, 0.3) is 0 Å². The number of aromatic nitrogens is 2. The van der Waals surface area contributed by atoms with E-state index in [-0.39, 0.29) is 30.5 Å². The van der Waals surface area contributed by atoms with E-state index in [4.69, 9.17) is 16.2 Å². The summed E-state index contributed by atoms with van der Waals surface area (Å²) in [6, 6.07) is 0. The summed E-state index contributed by atoms with van der Waals surface area (Å²) in [5.74, 6) is 0.251. The lowest BCUT2D eigenvalue weighted by atomic mass is 10.5. The second-order valence-electron chi connectivity index (χ2n) is 2.06. The first kappa shape index (κ1) is 8.62. The maximum atomic E-state index is 10.9. The zero-order chi connectivity index (χ0) is 8.97. The Morgan fingerprint density at radius 1 is 1.50 bits per heavy atom. The van der Waals surface area contributed by atoms with E-state index in [9.17, 15) is 4.79 Å². The van der Waals surface area contributed by atoms with Crippen LogP contribution in [-0.4, -0.2) is 23.7 Å². The minimum Gasteiger partial charge on any atom is -0.382 e. The maximum absolute atomic E-state index is 10.9. The highest BCUT2D eigenvalue weighted by atomic mass is 16.5. The molecule has 1 heterocycles. The summed E-state index contributed by atoms with van der Waals surface area (Å²) in [6.45, 7) is 0.247. The highest BCUT2D eigenvalue weighted by molar-refractivity contribution is 5.59. The fraction of sp³-hybridized carbons (Fsp3) is 0.400. The molecule has 7 heteroatoms. The summed E-state index contributed by atoms with van der Waals surface area (Å²) in [5.41, 5.74) is 10.4. The number of nitrogens with one attached hydrogen (secondary N) is 3. The van der Waals surface area contributed by atoms with Crippen LogP contribution in [0.3, 0.4) is 0 Å². The van der Waals surface area contributed by atoms with Crippen molar-refractivity contribution in [2.45, 2.75) is 0 Å². The SMILES string of the molecule is NCOCNc1c(N)[nH][nH]c1=O. The van der Waals surface area contributed by atoms with Crippen molar-refractivity contribution in [2.24, 2.45) is 5.73 Å². The number of ether oxygens (including phenoxy) is 1. The summed E-state index contributed by atoms with van der Waals surface area (Å²) in [6.07, 6.45) is 0. The van der Waals surface area contributed by atoms with Gasteiger partial charge in [-0.2, -0.15) is 0 Å². The van der Waals surface area contributed by atoms with Gasteiger partial charge in [0.15, 0.2) is 0 Å². The van der Waals surface area contributed by atoms with Crippen molar-refractivity contribution in [2.75, 3.05) is 24.5 Å². The molecule has 0 aromatic carbocycles. The maximum Gasteiger partial charge on any atom is 0.289 e. The van der Waals surface area contributed by atoms with Gasteiger partial charge in [0, 0.05) is 0 Å². The Morgan fingerprint density at radius 2 is 2.25 bits per heavy atom. The Bertz CT molecular complexity index is 290. The number of hydrogen-bond donors (Lipinski definition) is 5. The van der Waals surface area contributed by atoms with Crippen molar-refractivity contribution in [3.05, 3.63) is 10.4 Å². The van der Waals surface area contributed by atoms with Crippen molar-refractivity contribution >= 4 is 11.5 Å². The first-order valence-corrected chi connectivity index (χ1v) is 3.33. The minimum atomic E-state index is -0.312. The van der Waals surface area contributed by atoms with Gasteiger partial charge < -0.3 is 21.5 Å². The van der Waals surface area contributed by atoms with Gasteiger partial charge in [-0.15, -0.1) is 0 Å². The second kappa shape index (κ2) is 3.79. The van der Waals surface area contributed by atoms with E-state index < -0.39 is 0 Å². The van der Waals surface area contributed by atoms with Gasteiger partial charge in [-0.25, -0.2) is 0 Å². The van der Waals surface area contributed by atoms with Crippen LogP contribution in [0.15, 0.2) is 4.79 Å². The third kappa shape index (κ3) is 1.77. The van der Waals surface area contributed by atoms with Crippen LogP contribution in [0.2, 0.25) is 0 Å². The Kier molecular flexibility index (Phi) is 2.72. The predicted molar refractivity (Wildman–Crippen MR) is 44.5 cm³/mol. The number of aromatic amines is 2. The van der Waals surface area contributed by atoms with Crippen LogP contribution < -0.4 is 22.3 Å². The highest BCUT2D eigenvalue weighted by Gasteiger charge is 2.04. The standard InChI is InChI=1S/C5H11N5O2/c6-1-12-2-8-3-4(7)9-10-5(3)11/h8H,1-2,6H2,(H4,7,9,10,11). The van der Waals surface area contributed by atoms with E-state index in [1.54, 1.807) is 0 Å². The lowest BCUT2D eigenvalue weighted by Crippen LogP contribution is -2.16. The van der Waals surface area contributed by atoms with Crippen LogP contribution in [0.1, 0.15) is 0 Å². The van der Waals surface area contributed by atoms with Gasteiger partial charge in [0.25, 0.3) is 5.56 Å². The molecule has 0 saturated heterocycles. The fourth-order valence-corrected chi connectivity index (χ4v) is 0.729. The molecule has 7 nitrogen and oxygen atoms in total. The normalized spacial score (nSPS) is 10.1. The number of nitrogens with two attached hydrogens (primary N) is 2. The summed E-state index contributed by atoms with van der Waals surface area (Å²) in [7, 11) is 0. The smallest absolute Gasteiger partial charge is 0.289 e. The van der Waals surface area contributed by atoms with E-state index in [0.29, 0.717) is 0 Å². The van der Waals surface area contributed by atoms with Gasteiger partial charge in [0.05, 0.1) is 6.73 Å². The van der Waals surface area contributed by atoms with Crippen molar-refractivity contribution in [3.63, 3.8) is 0 Å². The van der Waals surface area contributed by atoms with E-state index >= 15 is 0 Å². The average molecular weight is 173 g/mol. The number of nitrogen functional groups attached to an aromatic ring is 1. The van der Waals surface area contributed by atoms with E-state index in [1.807, 2.05) is 0 Å². The molecule has 0 spiro atoms. The van der Waals surface area contributed by atoms with Gasteiger partial charge in [0.2, 0.25) is 0 Å². The third-order valence-corrected chi connectivity index (χ3v) is 1.28. The molecule has 0 amide bonds. The molecule has 0 radical (unpaired) electrons. The molecule has 0 saturated carbocycles. The molecule has 0 aliphatic heterocycles. The van der Waals surface area contributed by atoms with Gasteiger partial charge in [-0.05, 0) is 0 Å². The van der Waals surface area contributed by atoms with Gasteiger partial charge in [-0.1, -0.05) is 0 Å². The summed E-state index contributed by atoms with van der Waals surface area (Å²) < 4.78 is 4.76. The van der Waals surface area contributed by atoms with Gasteiger partial charge >= 0.3 is 0 Å². The van der Waals surface area contributed by atoms with Crippen LogP contribution in [0.5, 0.6) is 0 Å². The predicted octanol–water partition coefficient (Wildman–Crippen LogP) is -1.41. The molecular formula is C5H11N5O2. The Balaban J connectivity index is 2.56. The average Bonchev–Trinajstić information content (AvgIpc) is 2.35. The van der Waals surface area contributed by atoms with Crippen molar-refractivity contribution in [3.8, 4) is 0 Å². The molecule has 1 aromatic heterocycles. The monoisotopic (exact) mass is 173 g/mol. The molecule has 1 aromatic rings. The van der Waals surface area contributed by atoms with Crippen molar-refractivity contribution in [1.29, 1.82) is 0 Å². The van der Waals surface area contributed by atoms with Crippen molar-refractivity contribution < 1.29 is 4.74 Å². The molecular weight excluding hydrogens is 162 g/mol. The summed E-state index contributed by atoms with van der Waals surface area (Å²) in [5, 5.41) is 7.42. The van der Waals surface area contributed by atoms with Crippen LogP contribution in [-0.2, 0) is 4.74 Å². The number of hydrogen-bond acceptors (Lipinski definition) is 5. The quantitative estimate of drug-likeness (QED) is 0.283. The largest absolute Gasteiger partial charge is 0.382 e. The highest BCUT2D eigenvalue weighted by Crippen LogP contribution is 2.05. The number of rotatable bonds is 4. The zero-order valence-corrected chi connectivity index (χ0v) is 6.39. The van der Waals surface area contributed by atoms with E-state index in [2.05, 4.69) is 15.5 Å². The van der Waals surface area contributed by atoms with Crippen molar-refractivity contribution in [1.82, 2.24) is 10.2 Å². The molecule has 0 fully saturated rings. The fourth-order valence-electron chi connectivity index (χ4n) is 0.729. The first-order valence-electron chi connectivity index (χ1n) is 3.33. The zero-order valence-electron chi connectivity index (χ0n) is 6.39. The lowest BCUT2D eigenvalue weighted by Gasteiger charge is -2.02. The van der Waals surface area contributed by atoms with Gasteiger partial charge in [-0.3, -0.25) is 15.0 Å². The van der Waals surface area contributed by atoms with E-state index in [0.717, 1.165) is 0 Å². The Hall–Kier alpha value is -1.47. The molecule has 68 valence electrons. The third-order valence-electron chi connectivity index (χ3n) is 1.28. The molecule has 0 aliphatic rings. The summed E-state index contributed by atoms with van der Waals surface area (Å²) >= 11 is 0.